The molecule has 4 atom stereocenters. The van der Waals surface area contributed by atoms with Crippen LogP contribution < -0.4 is 5.56 Å². The lowest BCUT2D eigenvalue weighted by atomic mass is 10.1. The Balaban J connectivity index is 1.97. The summed E-state index contributed by atoms with van der Waals surface area (Å²) in [4.78, 5) is 22.5. The van der Waals surface area contributed by atoms with Crippen LogP contribution in [0.15, 0.2) is 17.4 Å². The van der Waals surface area contributed by atoms with Crippen molar-refractivity contribution in [1.82, 2.24) is 19.5 Å². The molecule has 0 spiro atoms. The van der Waals surface area contributed by atoms with E-state index < -0.39 is 41.3 Å². The number of rotatable bonds is 4. The molecule has 0 aliphatic carbocycles. The maximum Gasteiger partial charge on any atom is 0.278 e. The summed E-state index contributed by atoms with van der Waals surface area (Å²) in [5.41, 5.74) is -1.19. The zero-order valence-electron chi connectivity index (χ0n) is 17.5. The molecule has 9 nitrogen and oxygen atoms in total. The maximum absolute atomic E-state index is 12.0. The van der Waals surface area contributed by atoms with Gasteiger partial charge in [0, 0.05) is 0 Å². The lowest BCUT2D eigenvalue weighted by molar-refractivity contribution is -0.138. The van der Waals surface area contributed by atoms with Crippen LogP contribution in [0, 0.1) is 0 Å². The molecule has 2 aromatic rings. The summed E-state index contributed by atoms with van der Waals surface area (Å²) < 4.78 is 27.4. The van der Waals surface area contributed by atoms with Crippen molar-refractivity contribution in [2.24, 2.45) is 0 Å². The first kappa shape index (κ1) is 18.5. The predicted octanol–water partition coefficient (Wildman–Crippen LogP) is 1.38. The number of aromatic nitrogens is 4. The monoisotopic (exact) mass is 381 g/mol. The number of aliphatic hydroxyl groups excluding tert-OH is 1. The minimum absolute atomic E-state index is 0.0194. The molecule has 2 unspecified atom stereocenters. The first-order chi connectivity index (χ1) is 12.9. The van der Waals surface area contributed by atoms with Gasteiger partial charge in [0.15, 0.2) is 17.4 Å². The Hall–Kier alpha value is -1.81. The van der Waals surface area contributed by atoms with Gasteiger partial charge in [-0.3, -0.25) is 9.36 Å². The highest BCUT2D eigenvalue weighted by Crippen LogP contribution is 2.35. The van der Waals surface area contributed by atoms with Crippen LogP contribution in [0.1, 0.15) is 49.1 Å². The second kappa shape index (κ2) is 6.97. The molecule has 150 valence electrons. The highest BCUT2D eigenvalue weighted by atomic mass is 16.6. The first-order valence-electron chi connectivity index (χ1n) is 9.45. The van der Waals surface area contributed by atoms with E-state index in [2.05, 4.69) is 15.0 Å². The van der Waals surface area contributed by atoms with Crippen LogP contribution >= 0.6 is 0 Å². The summed E-state index contributed by atoms with van der Waals surface area (Å²) in [6.07, 6.45) is -2.34. The molecule has 2 aromatic heterocycles. The molecule has 1 saturated heterocycles. The molecule has 0 saturated carbocycles. The zero-order valence-corrected chi connectivity index (χ0v) is 16.5. The van der Waals surface area contributed by atoms with E-state index in [4.69, 9.17) is 15.6 Å². The number of aliphatic hydroxyl groups is 1. The number of fused-ring (bicyclic) bond motifs is 1. The molecule has 3 heterocycles. The van der Waals surface area contributed by atoms with E-state index in [0.717, 1.165) is 0 Å². The summed E-state index contributed by atoms with van der Waals surface area (Å²) in [5, 5.41) is 11.0. The van der Waals surface area contributed by atoms with Gasteiger partial charge in [0.05, 0.1) is 30.4 Å². The summed E-state index contributed by atoms with van der Waals surface area (Å²) in [6.45, 7) is 11.6. The van der Waals surface area contributed by atoms with Gasteiger partial charge in [0.25, 0.3) is 5.56 Å². The van der Waals surface area contributed by atoms with Gasteiger partial charge in [-0.05, 0) is 41.5 Å². The van der Waals surface area contributed by atoms with Gasteiger partial charge in [-0.15, -0.1) is 0 Å². The third-order valence-corrected chi connectivity index (χ3v) is 4.04. The lowest BCUT2D eigenvalue weighted by Crippen LogP contribution is -2.42. The fourth-order valence-corrected chi connectivity index (χ4v) is 2.94. The number of hydrogen-bond acceptors (Lipinski definition) is 7. The van der Waals surface area contributed by atoms with Gasteiger partial charge < -0.3 is 24.3 Å². The van der Waals surface area contributed by atoms with Gasteiger partial charge in [-0.25, -0.2) is 9.97 Å². The van der Waals surface area contributed by atoms with Crippen molar-refractivity contribution in [3.8, 4) is 0 Å². The summed E-state index contributed by atoms with van der Waals surface area (Å²) in [5.74, 6) is 0. The molecule has 1 aliphatic heterocycles. The van der Waals surface area contributed by atoms with Crippen molar-refractivity contribution in [2.75, 3.05) is 6.61 Å². The van der Waals surface area contributed by atoms with Gasteiger partial charge in [0.2, 0.25) is 0 Å². The van der Waals surface area contributed by atoms with E-state index in [1.54, 1.807) is 0 Å². The number of nitrogens with one attached hydrogen (secondary N) is 1. The second-order valence-corrected chi connectivity index (χ2v) is 8.66. The van der Waals surface area contributed by atoms with E-state index in [-0.39, 0.29) is 24.1 Å². The maximum atomic E-state index is 12.0. The van der Waals surface area contributed by atoms with Crippen molar-refractivity contribution in [3.63, 3.8) is 0 Å². The van der Waals surface area contributed by atoms with Crippen molar-refractivity contribution in [2.45, 2.75) is 77.3 Å². The number of H-pyrrole nitrogens is 1. The molecule has 1 aliphatic rings. The SMILES string of the molecule is [2H]c1nc2c(=O)[nH]cnc2n1C1O[C@H](COC(C)(C)C)C(OC(C)(C)C)[C@H]1O. The third kappa shape index (κ3) is 4.37. The normalized spacial score (nSPS) is 27.3. The van der Waals surface area contributed by atoms with Crippen LogP contribution in [-0.4, -0.2) is 60.7 Å². The first-order valence-corrected chi connectivity index (χ1v) is 8.95. The largest absolute Gasteiger partial charge is 0.386 e. The second-order valence-electron chi connectivity index (χ2n) is 8.66. The van der Waals surface area contributed by atoms with Crippen LogP contribution in [0.3, 0.4) is 0 Å². The fraction of sp³-hybridized carbons (Fsp3) is 0.722. The molecule has 2 N–H and O–H groups in total. The van der Waals surface area contributed by atoms with Gasteiger partial charge in [0.1, 0.15) is 19.7 Å². The van der Waals surface area contributed by atoms with E-state index in [1.807, 2.05) is 41.5 Å². The average Bonchev–Trinajstić information content (AvgIpc) is 3.02. The predicted molar refractivity (Wildman–Crippen MR) is 98.4 cm³/mol. The Bertz CT molecular complexity index is 898. The van der Waals surface area contributed by atoms with Crippen LogP contribution in [0.2, 0.25) is 0 Å². The molecule has 3 rings (SSSR count). The summed E-state index contributed by atoms with van der Waals surface area (Å²) >= 11 is 0. The molecule has 1 fully saturated rings. The minimum Gasteiger partial charge on any atom is -0.386 e. The average molecular weight is 381 g/mol. The van der Waals surface area contributed by atoms with Gasteiger partial charge in [-0.2, -0.15) is 0 Å². The van der Waals surface area contributed by atoms with Gasteiger partial charge in [-0.1, -0.05) is 0 Å². The lowest BCUT2D eigenvalue weighted by Gasteiger charge is -2.30. The Kier molecular flexibility index (Phi) is 4.79. The smallest absolute Gasteiger partial charge is 0.278 e. The number of imidazole rings is 1. The number of ether oxygens (including phenoxy) is 3. The molecule has 9 heteroatoms. The van der Waals surface area contributed by atoms with E-state index in [0.29, 0.717) is 0 Å². The standard InChI is InChI=1S/C18H28N4O5/c1-17(2,3)25-7-10-13(27-18(4,5)6)12(23)16(26-10)22-9-21-11-14(22)19-8-20-15(11)24/h8-10,12-13,16,23H,7H2,1-6H3,(H,19,20,24)/t10-,12-,13?,16?/m1/s1/i9D. The number of aromatic amines is 1. The van der Waals surface area contributed by atoms with Crippen molar-refractivity contribution < 1.29 is 20.7 Å². The van der Waals surface area contributed by atoms with E-state index in [1.165, 1.54) is 10.9 Å². The molecule has 0 radical (unpaired) electrons. The van der Waals surface area contributed by atoms with Crippen LogP contribution in [0.5, 0.6) is 0 Å². The van der Waals surface area contributed by atoms with Crippen LogP contribution in [0.25, 0.3) is 11.2 Å². The minimum atomic E-state index is -1.10. The Labute approximate surface area is 159 Å². The Morgan fingerprint density at radius 1 is 1.30 bits per heavy atom. The molecular weight excluding hydrogens is 352 g/mol. The highest BCUT2D eigenvalue weighted by Gasteiger charge is 2.48. The molecule has 0 bridgehead atoms. The van der Waals surface area contributed by atoms with Crippen LogP contribution in [0.4, 0.5) is 0 Å². The van der Waals surface area contributed by atoms with Crippen molar-refractivity contribution in [3.05, 3.63) is 23.0 Å². The molecule has 0 aromatic carbocycles. The number of hydrogen-bond donors (Lipinski definition) is 2. The Morgan fingerprint density at radius 3 is 2.63 bits per heavy atom. The molecular formula is C18H28N4O5. The summed E-state index contributed by atoms with van der Waals surface area (Å²) in [7, 11) is 0. The van der Waals surface area contributed by atoms with E-state index in [9.17, 15) is 9.90 Å². The van der Waals surface area contributed by atoms with E-state index >= 15 is 0 Å². The molecule has 0 amide bonds. The zero-order chi connectivity index (χ0) is 20.9. The Morgan fingerprint density at radius 2 is 2.00 bits per heavy atom. The number of nitrogens with zero attached hydrogens (tertiary/aromatic N) is 3. The van der Waals surface area contributed by atoms with Crippen molar-refractivity contribution in [1.29, 1.82) is 0 Å². The van der Waals surface area contributed by atoms with Crippen LogP contribution in [-0.2, 0) is 14.2 Å². The molecule has 27 heavy (non-hydrogen) atoms. The quantitative estimate of drug-likeness (QED) is 0.823. The van der Waals surface area contributed by atoms with Crippen molar-refractivity contribution >= 4 is 11.2 Å². The summed E-state index contributed by atoms with van der Waals surface area (Å²) in [6, 6.07) is 0. The highest BCUT2D eigenvalue weighted by molar-refractivity contribution is 5.68. The third-order valence-electron chi connectivity index (χ3n) is 4.04. The fourth-order valence-electron chi connectivity index (χ4n) is 2.94. The topological polar surface area (TPSA) is 111 Å². The van der Waals surface area contributed by atoms with Gasteiger partial charge >= 0.3 is 0 Å².